The minimum atomic E-state index is -3.65. The Bertz CT molecular complexity index is 870. The molecule has 2 rings (SSSR count). The maximum Gasteiger partial charge on any atom is 0.328 e. The molecule has 2 aliphatic rings. The third-order valence-electron chi connectivity index (χ3n) is 5.62. The molecule has 0 bridgehead atoms. The van der Waals surface area contributed by atoms with Gasteiger partial charge in [-0.3, -0.25) is 4.79 Å². The van der Waals surface area contributed by atoms with E-state index in [1.807, 2.05) is 13.8 Å². The van der Waals surface area contributed by atoms with Crippen LogP contribution < -0.4 is 10.6 Å². The molecule has 2 fully saturated rings. The number of nitrogens with one attached hydrogen (secondary N) is 2. The molecular weight excluding hydrogens is 346 g/mol. The second-order valence-corrected chi connectivity index (χ2v) is 9.06. The van der Waals surface area contributed by atoms with E-state index >= 15 is 0 Å². The number of urea groups is 1. The number of fused-ring (bicyclic) bond motifs is 1. The Morgan fingerprint density at radius 1 is 1.22 bits per heavy atom. The molecule has 4 atom stereocenters. The van der Waals surface area contributed by atoms with Crippen LogP contribution in [-0.2, 0) is 14.3 Å². The van der Waals surface area contributed by atoms with Gasteiger partial charge in [0.05, 0.1) is 7.11 Å². The van der Waals surface area contributed by atoms with Crippen LogP contribution in [0.2, 0.25) is 0 Å². The molecule has 7 heteroatoms. The van der Waals surface area contributed by atoms with Gasteiger partial charge in [0.15, 0.2) is 0 Å². The van der Waals surface area contributed by atoms with Crippen LogP contribution >= 0.6 is 0 Å². The molecule has 0 aromatic carbocycles. The normalized spacial score (nSPS) is 33.8. The first-order valence-corrected chi connectivity index (χ1v) is 8.83. The van der Waals surface area contributed by atoms with Crippen molar-refractivity contribution in [3.63, 3.8) is 0 Å². The van der Waals surface area contributed by atoms with Crippen LogP contribution in [0.1, 0.15) is 67.5 Å². The summed E-state index contributed by atoms with van der Waals surface area (Å²) in [5, 5.41) is 3.96. The Morgan fingerprint density at radius 2 is 1.81 bits per heavy atom. The number of amides is 3. The zero-order valence-electron chi connectivity index (χ0n) is 25.6. The first-order chi connectivity index (χ1) is 15.9. The lowest BCUT2D eigenvalue weighted by Gasteiger charge is -2.37. The number of esters is 1. The van der Waals surface area contributed by atoms with Gasteiger partial charge < -0.3 is 20.3 Å². The van der Waals surface area contributed by atoms with Crippen molar-refractivity contribution in [3.05, 3.63) is 0 Å². The summed E-state index contributed by atoms with van der Waals surface area (Å²) >= 11 is 0. The van der Waals surface area contributed by atoms with E-state index < -0.39 is 61.5 Å². The first kappa shape index (κ1) is 11.9. The average Bonchev–Trinajstić information content (AvgIpc) is 2.99. The zero-order valence-corrected chi connectivity index (χ0v) is 16.6. The van der Waals surface area contributed by atoms with E-state index in [1.54, 1.807) is 26.1 Å². The van der Waals surface area contributed by atoms with Crippen molar-refractivity contribution < 1.29 is 31.5 Å². The standard InChI is InChI=1S/C20H35N3O4/c1-18(2,3)14(21-17(26)22-19(4,5)6)15(24)23-10-11-12(20(11,7)8)13(23)16(25)27-9/h11-14H,10H2,1-9H3,(H2,21,22,26)/t11-,12-,13-,14+/m0/s1/i4D3,5D3,6D3. The van der Waals surface area contributed by atoms with Crippen molar-refractivity contribution in [1.82, 2.24) is 15.5 Å². The molecule has 1 heterocycles. The van der Waals surface area contributed by atoms with E-state index in [0.29, 0.717) is 0 Å². The van der Waals surface area contributed by atoms with E-state index in [1.165, 1.54) is 12.0 Å². The van der Waals surface area contributed by atoms with Gasteiger partial charge in [0.1, 0.15) is 12.1 Å². The number of likely N-dealkylation sites (tertiary alicyclic amines) is 1. The Kier molecular flexibility index (Phi) is 2.95. The van der Waals surface area contributed by atoms with Crippen molar-refractivity contribution in [2.45, 2.75) is 72.8 Å². The Labute approximate surface area is 175 Å². The summed E-state index contributed by atoms with van der Waals surface area (Å²) in [5.74, 6) is -1.37. The van der Waals surface area contributed by atoms with Gasteiger partial charge >= 0.3 is 12.0 Å². The van der Waals surface area contributed by atoms with E-state index in [-0.39, 0.29) is 23.8 Å². The SMILES string of the molecule is [2H]C([2H])([2H])C(NC(=O)N[C@H](C(=O)N1C[C@H]2[C@@H]([C@H]1C(=O)OC)C2(C)C)C(C)(C)C)(C([2H])([2H])[2H])C([2H])([2H])[2H]. The highest BCUT2D eigenvalue weighted by molar-refractivity contribution is 5.92. The molecule has 0 unspecified atom stereocenters. The minimum Gasteiger partial charge on any atom is -0.467 e. The second-order valence-electron chi connectivity index (χ2n) is 9.06. The smallest absolute Gasteiger partial charge is 0.328 e. The van der Waals surface area contributed by atoms with Crippen molar-refractivity contribution >= 4 is 17.9 Å². The molecule has 1 aliphatic carbocycles. The van der Waals surface area contributed by atoms with Gasteiger partial charge in [-0.15, -0.1) is 0 Å². The monoisotopic (exact) mass is 390 g/mol. The maximum absolute atomic E-state index is 13.6. The second kappa shape index (κ2) is 6.67. The minimum absolute atomic E-state index is 0.0364. The highest BCUT2D eigenvalue weighted by Crippen LogP contribution is 2.65. The van der Waals surface area contributed by atoms with Gasteiger partial charge in [-0.25, -0.2) is 9.59 Å². The molecule has 0 radical (unpaired) electrons. The van der Waals surface area contributed by atoms with E-state index in [9.17, 15) is 14.4 Å². The van der Waals surface area contributed by atoms with Crippen LogP contribution in [-0.4, -0.2) is 54.1 Å². The Balaban J connectivity index is 2.41. The van der Waals surface area contributed by atoms with Crippen molar-refractivity contribution in [2.75, 3.05) is 13.7 Å². The van der Waals surface area contributed by atoms with Crippen molar-refractivity contribution in [2.24, 2.45) is 22.7 Å². The van der Waals surface area contributed by atoms with E-state index in [4.69, 9.17) is 17.1 Å². The average molecular weight is 391 g/mol. The molecule has 3 amide bonds. The number of nitrogens with zero attached hydrogens (tertiary/aromatic N) is 1. The van der Waals surface area contributed by atoms with E-state index in [0.717, 1.165) is 0 Å². The lowest BCUT2D eigenvalue weighted by Crippen LogP contribution is -2.60. The summed E-state index contributed by atoms with van der Waals surface area (Å²) in [5.41, 5.74) is -4.77. The molecule has 154 valence electrons. The third-order valence-corrected chi connectivity index (χ3v) is 5.62. The molecule has 0 spiro atoms. The number of hydrogen-bond acceptors (Lipinski definition) is 4. The van der Waals surface area contributed by atoms with Crippen LogP contribution in [0.5, 0.6) is 0 Å². The topological polar surface area (TPSA) is 87.7 Å². The van der Waals surface area contributed by atoms with Gasteiger partial charge in [0, 0.05) is 30.3 Å². The van der Waals surface area contributed by atoms with Crippen LogP contribution in [0, 0.1) is 22.7 Å². The number of carbonyl (C=O) groups excluding carboxylic acids is 3. The van der Waals surface area contributed by atoms with Crippen LogP contribution in [0.4, 0.5) is 4.79 Å². The van der Waals surface area contributed by atoms with E-state index in [2.05, 4.69) is 5.32 Å². The van der Waals surface area contributed by atoms with Gasteiger partial charge in [-0.05, 0) is 37.3 Å². The summed E-state index contributed by atoms with van der Waals surface area (Å²) in [6, 6.07) is -3.69. The first-order valence-electron chi connectivity index (χ1n) is 13.3. The maximum atomic E-state index is 13.6. The third kappa shape index (κ3) is 4.22. The molecule has 1 saturated carbocycles. The highest BCUT2D eigenvalue weighted by atomic mass is 16.5. The summed E-state index contributed by atoms with van der Waals surface area (Å²) in [7, 11) is 1.21. The number of piperidine rings is 1. The summed E-state index contributed by atoms with van der Waals surface area (Å²) in [6.07, 6.45) is 0. The quantitative estimate of drug-likeness (QED) is 0.723. The lowest BCUT2D eigenvalue weighted by atomic mass is 9.85. The summed E-state index contributed by atoms with van der Waals surface area (Å²) < 4.78 is 73.9. The number of rotatable bonds is 3. The van der Waals surface area contributed by atoms with Crippen LogP contribution in [0.25, 0.3) is 0 Å². The molecule has 1 saturated heterocycles. The largest absolute Gasteiger partial charge is 0.467 e. The van der Waals surface area contributed by atoms with Gasteiger partial charge in [-0.1, -0.05) is 34.6 Å². The van der Waals surface area contributed by atoms with Crippen molar-refractivity contribution in [3.8, 4) is 0 Å². The molecule has 0 aromatic heterocycles. The molecule has 1 aliphatic heterocycles. The van der Waals surface area contributed by atoms with Crippen LogP contribution in [0.3, 0.4) is 0 Å². The number of hydrogen-bond donors (Lipinski definition) is 2. The molecule has 27 heavy (non-hydrogen) atoms. The summed E-state index contributed by atoms with van der Waals surface area (Å²) in [4.78, 5) is 40.5. The van der Waals surface area contributed by atoms with Gasteiger partial charge in [0.2, 0.25) is 5.91 Å². The molecule has 2 N–H and O–H groups in total. The van der Waals surface area contributed by atoms with Crippen molar-refractivity contribution in [1.29, 1.82) is 0 Å². The molecule has 0 aromatic rings. The Morgan fingerprint density at radius 3 is 2.30 bits per heavy atom. The number of methoxy groups -OCH3 is 1. The fourth-order valence-corrected chi connectivity index (χ4v) is 4.06. The lowest BCUT2D eigenvalue weighted by molar-refractivity contribution is -0.154. The molecular formula is C20H35N3O4. The number of carbonyl (C=O) groups is 3. The molecule has 7 nitrogen and oxygen atoms in total. The van der Waals surface area contributed by atoms with Crippen LogP contribution in [0.15, 0.2) is 0 Å². The fourth-order valence-electron chi connectivity index (χ4n) is 4.06. The van der Waals surface area contributed by atoms with Gasteiger partial charge in [-0.2, -0.15) is 0 Å². The fraction of sp³-hybridized carbons (Fsp3) is 0.850. The zero-order chi connectivity index (χ0) is 28.4. The predicted octanol–water partition coefficient (Wildman–Crippen LogP) is 2.15. The predicted molar refractivity (Wildman–Crippen MR) is 103 cm³/mol. The van der Waals surface area contributed by atoms with Gasteiger partial charge in [0.25, 0.3) is 0 Å². The number of ether oxygens (including phenoxy) is 1. The highest BCUT2D eigenvalue weighted by Gasteiger charge is 2.70. The Hall–Kier alpha value is -1.79. The summed E-state index contributed by atoms with van der Waals surface area (Å²) in [6.45, 7) is -1.96.